The number of aromatic carboxylic acids is 1. The van der Waals surface area contributed by atoms with Crippen molar-refractivity contribution in [3.05, 3.63) is 45.8 Å². The number of carboxylic acids is 1. The maximum atomic E-state index is 10.7. The first kappa shape index (κ1) is 12.6. The summed E-state index contributed by atoms with van der Waals surface area (Å²) in [6.07, 6.45) is 4.21. The highest BCUT2D eigenvalue weighted by Gasteiger charge is 2.03. The zero-order valence-corrected chi connectivity index (χ0v) is 9.08. The topological polar surface area (TPSA) is 112 Å². The van der Waals surface area contributed by atoms with Crippen molar-refractivity contribution in [1.82, 2.24) is 0 Å². The molecular formula is C11H12N4O2. The lowest BCUT2D eigenvalue weighted by molar-refractivity contribution is 0.0697. The molecule has 17 heavy (non-hydrogen) atoms. The number of nitrogens with two attached hydrogens (primary N) is 1. The van der Waals surface area contributed by atoms with E-state index in [2.05, 4.69) is 10.0 Å². The molecule has 0 aliphatic carbocycles. The summed E-state index contributed by atoms with van der Waals surface area (Å²) in [4.78, 5) is 13.3. The van der Waals surface area contributed by atoms with Crippen LogP contribution < -0.4 is 5.73 Å². The fourth-order valence-electron chi connectivity index (χ4n) is 1.25. The van der Waals surface area contributed by atoms with Crippen LogP contribution in [0.4, 0.5) is 5.69 Å². The molecule has 0 spiro atoms. The normalized spacial score (nSPS) is 10.1. The van der Waals surface area contributed by atoms with Gasteiger partial charge in [-0.1, -0.05) is 23.3 Å². The van der Waals surface area contributed by atoms with Crippen molar-refractivity contribution in [1.29, 1.82) is 0 Å². The third-order valence-corrected chi connectivity index (χ3v) is 2.09. The quantitative estimate of drug-likeness (QED) is 0.267. The zero-order chi connectivity index (χ0) is 12.7. The molecule has 0 amide bonds. The number of benzene rings is 1. The average Bonchev–Trinajstić information content (AvgIpc) is 2.30. The van der Waals surface area contributed by atoms with Gasteiger partial charge in [0, 0.05) is 17.1 Å². The molecule has 0 heterocycles. The van der Waals surface area contributed by atoms with Gasteiger partial charge in [0.1, 0.15) is 0 Å². The summed E-state index contributed by atoms with van der Waals surface area (Å²) >= 11 is 0. The molecular weight excluding hydrogens is 220 g/mol. The van der Waals surface area contributed by atoms with Gasteiger partial charge in [-0.2, -0.15) is 0 Å². The number of azide groups is 1. The maximum Gasteiger partial charge on any atom is 0.335 e. The molecule has 0 unspecified atom stereocenters. The molecule has 1 aromatic carbocycles. The van der Waals surface area contributed by atoms with E-state index < -0.39 is 5.97 Å². The number of hydrogen-bond acceptors (Lipinski definition) is 3. The molecule has 1 aromatic rings. The molecule has 0 saturated heterocycles. The molecule has 3 N–H and O–H groups in total. The van der Waals surface area contributed by atoms with Gasteiger partial charge in [-0.3, -0.25) is 0 Å². The van der Waals surface area contributed by atoms with E-state index in [0.717, 1.165) is 5.56 Å². The molecule has 0 saturated carbocycles. The van der Waals surface area contributed by atoms with E-state index in [1.165, 1.54) is 12.1 Å². The first-order chi connectivity index (χ1) is 8.15. The summed E-state index contributed by atoms with van der Waals surface area (Å²) in [5.41, 5.74) is 15.1. The van der Waals surface area contributed by atoms with Crippen LogP contribution in [0.2, 0.25) is 0 Å². The van der Waals surface area contributed by atoms with Crippen molar-refractivity contribution in [2.75, 3.05) is 12.3 Å². The van der Waals surface area contributed by atoms with Gasteiger partial charge in [-0.15, -0.1) is 0 Å². The summed E-state index contributed by atoms with van der Waals surface area (Å²) in [5, 5.41) is 12.1. The molecule has 6 heteroatoms. The molecule has 88 valence electrons. The Morgan fingerprint density at radius 2 is 2.35 bits per heavy atom. The van der Waals surface area contributed by atoms with E-state index in [0.29, 0.717) is 18.7 Å². The van der Waals surface area contributed by atoms with E-state index in [1.54, 1.807) is 12.1 Å². The first-order valence-corrected chi connectivity index (χ1v) is 4.95. The second-order valence-electron chi connectivity index (χ2n) is 3.29. The van der Waals surface area contributed by atoms with E-state index in [4.69, 9.17) is 16.4 Å². The van der Waals surface area contributed by atoms with Gasteiger partial charge in [0.05, 0.1) is 5.56 Å². The minimum absolute atomic E-state index is 0.161. The molecule has 0 aliphatic heterocycles. The van der Waals surface area contributed by atoms with Crippen molar-refractivity contribution in [2.45, 2.75) is 6.42 Å². The summed E-state index contributed by atoms with van der Waals surface area (Å²) in [6, 6.07) is 4.55. The molecule has 0 atom stereocenters. The van der Waals surface area contributed by atoms with Gasteiger partial charge < -0.3 is 10.8 Å². The van der Waals surface area contributed by atoms with Crippen molar-refractivity contribution < 1.29 is 9.90 Å². The van der Waals surface area contributed by atoms with Crippen LogP contribution in [0.25, 0.3) is 16.5 Å². The van der Waals surface area contributed by atoms with Crippen LogP contribution in [-0.2, 0) is 0 Å². The van der Waals surface area contributed by atoms with E-state index >= 15 is 0 Å². The molecule has 0 bridgehead atoms. The van der Waals surface area contributed by atoms with Crippen LogP contribution in [0.5, 0.6) is 0 Å². The summed E-state index contributed by atoms with van der Waals surface area (Å²) in [5.74, 6) is -1.00. The second-order valence-corrected chi connectivity index (χ2v) is 3.29. The van der Waals surface area contributed by atoms with Crippen LogP contribution in [0, 0.1) is 0 Å². The minimum Gasteiger partial charge on any atom is -0.478 e. The molecule has 6 nitrogen and oxygen atoms in total. The van der Waals surface area contributed by atoms with Crippen LogP contribution >= 0.6 is 0 Å². The average molecular weight is 232 g/mol. The highest BCUT2D eigenvalue weighted by atomic mass is 16.4. The lowest BCUT2D eigenvalue weighted by Crippen LogP contribution is -1.98. The monoisotopic (exact) mass is 232 g/mol. The summed E-state index contributed by atoms with van der Waals surface area (Å²) in [7, 11) is 0. The van der Waals surface area contributed by atoms with Gasteiger partial charge in [0.15, 0.2) is 0 Å². The number of hydrogen-bond donors (Lipinski definition) is 2. The number of nitrogen functional groups attached to an aromatic ring is 1. The Labute approximate surface area is 98.0 Å². The van der Waals surface area contributed by atoms with Gasteiger partial charge in [0.25, 0.3) is 0 Å². The predicted octanol–water partition coefficient (Wildman–Crippen LogP) is 2.68. The SMILES string of the molecule is [N-]=[N+]=NCCC=Cc1ccc(C(=O)O)cc1N. The fourth-order valence-corrected chi connectivity index (χ4v) is 1.25. The molecule has 0 aliphatic rings. The van der Waals surface area contributed by atoms with Crippen LogP contribution in [0.3, 0.4) is 0 Å². The highest BCUT2D eigenvalue weighted by molar-refractivity contribution is 5.89. The predicted molar refractivity (Wildman–Crippen MR) is 65.5 cm³/mol. The van der Waals surface area contributed by atoms with Gasteiger partial charge in [-0.05, 0) is 29.6 Å². The Morgan fingerprint density at radius 1 is 1.59 bits per heavy atom. The van der Waals surface area contributed by atoms with Gasteiger partial charge in [-0.25, -0.2) is 4.79 Å². The number of nitrogens with zero attached hydrogens (tertiary/aromatic N) is 3. The third-order valence-electron chi connectivity index (χ3n) is 2.09. The van der Waals surface area contributed by atoms with Gasteiger partial charge in [0.2, 0.25) is 0 Å². The Bertz CT molecular complexity index is 490. The number of carbonyl (C=O) groups is 1. The van der Waals surface area contributed by atoms with Crippen molar-refractivity contribution in [3.63, 3.8) is 0 Å². The smallest absolute Gasteiger partial charge is 0.335 e. The van der Waals surface area contributed by atoms with E-state index in [1.807, 2.05) is 6.08 Å². The van der Waals surface area contributed by atoms with Crippen LogP contribution in [0.15, 0.2) is 29.4 Å². The third kappa shape index (κ3) is 3.89. The lowest BCUT2D eigenvalue weighted by atomic mass is 10.1. The first-order valence-electron chi connectivity index (χ1n) is 4.95. The van der Waals surface area contributed by atoms with E-state index in [9.17, 15) is 4.79 Å². The van der Waals surface area contributed by atoms with Crippen LogP contribution in [0.1, 0.15) is 22.3 Å². The van der Waals surface area contributed by atoms with Crippen molar-refractivity contribution >= 4 is 17.7 Å². The van der Waals surface area contributed by atoms with Crippen LogP contribution in [-0.4, -0.2) is 17.6 Å². The zero-order valence-electron chi connectivity index (χ0n) is 9.08. The van der Waals surface area contributed by atoms with E-state index in [-0.39, 0.29) is 5.56 Å². The fraction of sp³-hybridized carbons (Fsp3) is 0.182. The lowest BCUT2D eigenvalue weighted by Gasteiger charge is -2.01. The molecule has 0 aromatic heterocycles. The highest BCUT2D eigenvalue weighted by Crippen LogP contribution is 2.16. The Balaban J connectivity index is 2.72. The summed E-state index contributed by atoms with van der Waals surface area (Å²) in [6.45, 7) is 0.389. The van der Waals surface area contributed by atoms with Crippen molar-refractivity contribution in [2.24, 2.45) is 5.11 Å². The van der Waals surface area contributed by atoms with Crippen molar-refractivity contribution in [3.8, 4) is 0 Å². The van der Waals surface area contributed by atoms with Gasteiger partial charge >= 0.3 is 5.97 Å². The number of carboxylic acid groups (broad SMARTS) is 1. The largest absolute Gasteiger partial charge is 0.478 e. The summed E-state index contributed by atoms with van der Waals surface area (Å²) < 4.78 is 0. The maximum absolute atomic E-state index is 10.7. The molecule has 1 rings (SSSR count). The number of rotatable bonds is 5. The molecule has 0 radical (unpaired) electrons. The second kappa shape index (κ2) is 6.19. The standard InChI is InChI=1S/C11H12N4O2/c12-10-7-9(11(16)17)5-4-8(10)3-1-2-6-14-15-13/h1,3-5,7H,2,6,12H2,(H,16,17). The Hall–Kier alpha value is -2.46. The Morgan fingerprint density at radius 3 is 2.94 bits per heavy atom. The minimum atomic E-state index is -1.00. The number of anilines is 1. The molecule has 0 fully saturated rings. The Kier molecular flexibility index (Phi) is 4.59.